The number of aliphatic carboxylic acids is 2. The molecule has 2 atom stereocenters. The quantitative estimate of drug-likeness (QED) is 0.341. The van der Waals surface area contributed by atoms with Gasteiger partial charge in [0.25, 0.3) is 6.43 Å². The Morgan fingerprint density at radius 2 is 1.74 bits per heavy atom. The van der Waals surface area contributed by atoms with Crippen molar-refractivity contribution in [1.82, 2.24) is 0 Å². The number of halogens is 2. The normalized spacial score (nSPS) is 16.1. The van der Waals surface area contributed by atoms with Gasteiger partial charge in [-0.2, -0.15) is 0 Å². The molecular weight excluding hydrogens is 302 g/mol. The van der Waals surface area contributed by atoms with Crippen molar-refractivity contribution in [2.24, 2.45) is 11.5 Å². The molecule has 0 aromatic carbocycles. The summed E-state index contributed by atoms with van der Waals surface area (Å²) in [6.07, 6.45) is -3.27. The molecule has 0 saturated carbocycles. The van der Waals surface area contributed by atoms with E-state index in [9.17, 15) is 18.4 Å². The first-order valence-corrected chi connectivity index (χ1v) is 7.74. The highest BCUT2D eigenvalue weighted by atomic mass is 33.1. The molecule has 0 aliphatic carbocycles. The maximum atomic E-state index is 12.5. The number of carboxylic acids is 2. The summed E-state index contributed by atoms with van der Waals surface area (Å²) in [4.78, 5) is 21.0. The SMILES string of the molecule is NC(CCSSCC[C@](N)(C(=O)O)C(F)F)C(=O)O. The van der Waals surface area contributed by atoms with Gasteiger partial charge in [-0.1, -0.05) is 21.6 Å². The van der Waals surface area contributed by atoms with Gasteiger partial charge in [0.2, 0.25) is 0 Å². The number of hydrogen-bond acceptors (Lipinski definition) is 6. The molecule has 6 nitrogen and oxygen atoms in total. The van der Waals surface area contributed by atoms with Crippen LogP contribution in [0.25, 0.3) is 0 Å². The molecule has 0 amide bonds. The standard InChI is InChI=1S/C9H16F2N2O4S2/c10-7(11)9(13,8(16)17)2-4-19-18-3-1-5(12)6(14)15/h5,7H,1-4,12-13H2,(H,14,15)(H,16,17)/t5?,9-/m1/s1. The van der Waals surface area contributed by atoms with Crippen molar-refractivity contribution in [3.63, 3.8) is 0 Å². The minimum absolute atomic E-state index is 0.125. The van der Waals surface area contributed by atoms with Crippen molar-refractivity contribution >= 4 is 33.5 Å². The predicted molar refractivity (Wildman–Crippen MR) is 70.3 cm³/mol. The highest BCUT2D eigenvalue weighted by Crippen LogP contribution is 2.27. The van der Waals surface area contributed by atoms with E-state index in [1.807, 2.05) is 0 Å². The molecule has 0 spiro atoms. The number of nitrogens with two attached hydrogens (primary N) is 2. The van der Waals surface area contributed by atoms with Crippen molar-refractivity contribution in [3.8, 4) is 0 Å². The molecule has 0 heterocycles. The molecule has 6 N–H and O–H groups in total. The van der Waals surface area contributed by atoms with Gasteiger partial charge in [-0.05, 0) is 12.8 Å². The number of rotatable bonds is 10. The minimum atomic E-state index is -3.14. The molecule has 0 fully saturated rings. The zero-order valence-electron chi connectivity index (χ0n) is 9.92. The lowest BCUT2D eigenvalue weighted by atomic mass is 9.99. The summed E-state index contributed by atoms with van der Waals surface area (Å²) < 4.78 is 25.0. The summed E-state index contributed by atoms with van der Waals surface area (Å²) in [5.41, 5.74) is 7.84. The van der Waals surface area contributed by atoms with Gasteiger partial charge in [-0.25, -0.2) is 13.6 Å². The maximum absolute atomic E-state index is 12.5. The molecule has 0 radical (unpaired) electrons. The molecule has 0 rings (SSSR count). The van der Waals surface area contributed by atoms with E-state index >= 15 is 0 Å². The van der Waals surface area contributed by atoms with Crippen molar-refractivity contribution in [3.05, 3.63) is 0 Å². The molecule has 1 unspecified atom stereocenters. The van der Waals surface area contributed by atoms with E-state index in [4.69, 9.17) is 21.7 Å². The van der Waals surface area contributed by atoms with Crippen LogP contribution in [0.4, 0.5) is 8.78 Å². The van der Waals surface area contributed by atoms with Gasteiger partial charge in [0.05, 0.1) is 0 Å². The lowest BCUT2D eigenvalue weighted by Gasteiger charge is -2.23. The van der Waals surface area contributed by atoms with E-state index in [2.05, 4.69) is 0 Å². The van der Waals surface area contributed by atoms with E-state index in [0.717, 1.165) is 10.8 Å². The van der Waals surface area contributed by atoms with Crippen LogP contribution in [0.15, 0.2) is 0 Å². The van der Waals surface area contributed by atoms with E-state index in [0.29, 0.717) is 5.75 Å². The molecule has 0 aromatic rings. The fourth-order valence-corrected chi connectivity index (χ4v) is 3.19. The number of carboxylic acid groups (broad SMARTS) is 2. The van der Waals surface area contributed by atoms with Gasteiger partial charge < -0.3 is 21.7 Å². The first-order chi connectivity index (χ1) is 8.71. The lowest BCUT2D eigenvalue weighted by Crippen LogP contribution is -2.54. The maximum Gasteiger partial charge on any atom is 0.329 e. The van der Waals surface area contributed by atoms with E-state index in [1.54, 1.807) is 0 Å². The summed E-state index contributed by atoms with van der Waals surface area (Å²) in [7, 11) is 2.40. The van der Waals surface area contributed by atoms with Gasteiger partial charge in [0, 0.05) is 11.5 Å². The predicted octanol–water partition coefficient (Wildman–Crippen LogP) is 0.607. The first kappa shape index (κ1) is 18.4. The molecule has 0 aliphatic heterocycles. The Kier molecular flexibility index (Phi) is 8.30. The van der Waals surface area contributed by atoms with Crippen LogP contribution in [-0.4, -0.2) is 51.7 Å². The van der Waals surface area contributed by atoms with Gasteiger partial charge in [0.15, 0.2) is 5.54 Å². The third-order valence-electron chi connectivity index (χ3n) is 2.30. The fraction of sp³-hybridized carbons (Fsp3) is 0.778. The van der Waals surface area contributed by atoms with Gasteiger partial charge in [-0.15, -0.1) is 0 Å². The highest BCUT2D eigenvalue weighted by molar-refractivity contribution is 8.76. The van der Waals surface area contributed by atoms with Crippen LogP contribution >= 0.6 is 21.6 Å². The highest BCUT2D eigenvalue weighted by Gasteiger charge is 2.43. The molecule has 0 saturated heterocycles. The lowest BCUT2D eigenvalue weighted by molar-refractivity contribution is -0.149. The summed E-state index contributed by atoms with van der Waals surface area (Å²) in [6.45, 7) is 0. The van der Waals surface area contributed by atoms with Crippen LogP contribution in [0.1, 0.15) is 12.8 Å². The summed E-state index contributed by atoms with van der Waals surface area (Å²) >= 11 is 0. The van der Waals surface area contributed by atoms with Gasteiger partial charge >= 0.3 is 11.9 Å². The Bertz CT molecular complexity index is 323. The molecule has 0 bridgehead atoms. The third kappa shape index (κ3) is 6.41. The molecular formula is C9H16F2N2O4S2. The number of alkyl halides is 2. The Balaban J connectivity index is 3.85. The average Bonchev–Trinajstić information content (AvgIpc) is 2.31. The second-order valence-electron chi connectivity index (χ2n) is 3.77. The Labute approximate surface area is 116 Å². The van der Waals surface area contributed by atoms with Crippen LogP contribution in [0.2, 0.25) is 0 Å². The van der Waals surface area contributed by atoms with E-state index < -0.39 is 29.9 Å². The fourth-order valence-electron chi connectivity index (χ4n) is 0.936. The number of carbonyl (C=O) groups is 2. The van der Waals surface area contributed by atoms with Crippen LogP contribution in [0.3, 0.4) is 0 Å². The zero-order chi connectivity index (χ0) is 15.1. The molecule has 0 aliphatic rings. The first-order valence-electron chi connectivity index (χ1n) is 5.25. The van der Waals surface area contributed by atoms with Crippen LogP contribution in [-0.2, 0) is 9.59 Å². The average molecular weight is 318 g/mol. The number of hydrogen-bond donors (Lipinski definition) is 4. The molecule has 0 aromatic heterocycles. The molecule has 112 valence electrons. The minimum Gasteiger partial charge on any atom is -0.480 e. The second kappa shape index (κ2) is 8.56. The summed E-state index contributed by atoms with van der Waals surface area (Å²) in [5, 5.41) is 17.1. The largest absolute Gasteiger partial charge is 0.480 e. The topological polar surface area (TPSA) is 127 Å². The van der Waals surface area contributed by atoms with Crippen molar-refractivity contribution < 1.29 is 28.6 Å². The Hall–Kier alpha value is -0.580. The monoisotopic (exact) mass is 318 g/mol. The van der Waals surface area contributed by atoms with Gasteiger partial charge in [0.1, 0.15) is 6.04 Å². The second-order valence-corrected chi connectivity index (χ2v) is 6.48. The van der Waals surface area contributed by atoms with E-state index in [1.165, 1.54) is 10.8 Å². The summed E-state index contributed by atoms with van der Waals surface area (Å²) in [5.74, 6) is -2.28. The van der Waals surface area contributed by atoms with Crippen molar-refractivity contribution in [1.29, 1.82) is 0 Å². The Morgan fingerprint density at radius 3 is 2.16 bits per heavy atom. The van der Waals surface area contributed by atoms with E-state index in [-0.39, 0.29) is 18.6 Å². The zero-order valence-corrected chi connectivity index (χ0v) is 11.6. The van der Waals surface area contributed by atoms with Crippen molar-refractivity contribution in [2.75, 3.05) is 11.5 Å². The molecule has 10 heteroatoms. The van der Waals surface area contributed by atoms with Gasteiger partial charge in [-0.3, -0.25) is 4.79 Å². The third-order valence-corrected chi connectivity index (χ3v) is 4.74. The van der Waals surface area contributed by atoms with Crippen molar-refractivity contribution in [2.45, 2.75) is 30.8 Å². The smallest absolute Gasteiger partial charge is 0.329 e. The Morgan fingerprint density at radius 1 is 1.21 bits per heavy atom. The van der Waals surface area contributed by atoms with Crippen LogP contribution in [0, 0.1) is 0 Å². The van der Waals surface area contributed by atoms with Crippen LogP contribution < -0.4 is 11.5 Å². The summed E-state index contributed by atoms with van der Waals surface area (Å²) in [6, 6.07) is -0.957. The van der Waals surface area contributed by atoms with Crippen LogP contribution in [0.5, 0.6) is 0 Å². The molecule has 19 heavy (non-hydrogen) atoms.